The Kier molecular flexibility index (Phi) is 4.34. The van der Waals surface area contributed by atoms with Gasteiger partial charge in [0.1, 0.15) is 0 Å². The molecule has 27 heavy (non-hydrogen) atoms. The number of benzene rings is 1. The largest absolute Gasteiger partial charge is 0.481 e. The van der Waals surface area contributed by atoms with Crippen molar-refractivity contribution >= 4 is 29.4 Å². The molecule has 0 unspecified atom stereocenters. The molecule has 2 aromatic rings. The Hall–Kier alpha value is -2.54. The molecular weight excluding hydrogens is 368 g/mol. The quantitative estimate of drug-likeness (QED) is 0.841. The highest BCUT2D eigenvalue weighted by atomic mass is 35.5. The first-order valence-electron chi connectivity index (χ1n) is 9.01. The third kappa shape index (κ3) is 3.06. The molecule has 1 aromatic heterocycles. The highest BCUT2D eigenvalue weighted by molar-refractivity contribution is 6.30. The SMILES string of the molecule is Cc1cc(NC(=O)N2C[C@@H]3CCC[C@@]3(C(=O)O)C2)nn1-c1cccc(Cl)c1. The van der Waals surface area contributed by atoms with E-state index in [-0.39, 0.29) is 18.5 Å². The Morgan fingerprint density at radius 3 is 2.89 bits per heavy atom. The summed E-state index contributed by atoms with van der Waals surface area (Å²) in [5.74, 6) is -0.327. The lowest BCUT2D eigenvalue weighted by Gasteiger charge is -2.23. The monoisotopic (exact) mass is 388 g/mol. The maximum absolute atomic E-state index is 12.7. The number of anilines is 1. The van der Waals surface area contributed by atoms with Gasteiger partial charge in [-0.1, -0.05) is 24.1 Å². The van der Waals surface area contributed by atoms with Crippen molar-refractivity contribution in [3.63, 3.8) is 0 Å². The first-order chi connectivity index (χ1) is 12.9. The van der Waals surface area contributed by atoms with E-state index in [1.165, 1.54) is 0 Å². The van der Waals surface area contributed by atoms with Gasteiger partial charge in [-0.3, -0.25) is 10.1 Å². The summed E-state index contributed by atoms with van der Waals surface area (Å²) in [5.41, 5.74) is 0.877. The van der Waals surface area contributed by atoms with Crippen molar-refractivity contribution in [2.45, 2.75) is 26.2 Å². The first kappa shape index (κ1) is 17.9. The molecule has 7 nitrogen and oxygen atoms in total. The Balaban J connectivity index is 1.50. The lowest BCUT2D eigenvalue weighted by Crippen LogP contribution is -2.38. The van der Waals surface area contributed by atoms with Crippen LogP contribution in [0.2, 0.25) is 5.02 Å². The van der Waals surface area contributed by atoms with Crippen LogP contribution in [-0.4, -0.2) is 44.9 Å². The summed E-state index contributed by atoms with van der Waals surface area (Å²) in [6.07, 6.45) is 2.41. The highest BCUT2D eigenvalue weighted by Gasteiger charge is 2.55. The average Bonchev–Trinajstić information content (AvgIpc) is 3.27. The van der Waals surface area contributed by atoms with Gasteiger partial charge >= 0.3 is 12.0 Å². The fourth-order valence-electron chi connectivity index (χ4n) is 4.39. The molecule has 0 bridgehead atoms. The molecule has 2 heterocycles. The predicted molar refractivity (Wildman–Crippen MR) is 101 cm³/mol. The number of nitrogens with zero attached hydrogens (tertiary/aromatic N) is 3. The summed E-state index contributed by atoms with van der Waals surface area (Å²) in [5, 5.41) is 17.5. The van der Waals surface area contributed by atoms with Crippen molar-refractivity contribution in [1.82, 2.24) is 14.7 Å². The summed E-state index contributed by atoms with van der Waals surface area (Å²) >= 11 is 6.04. The van der Waals surface area contributed by atoms with Crippen LogP contribution in [0.1, 0.15) is 25.0 Å². The van der Waals surface area contributed by atoms with E-state index in [2.05, 4.69) is 10.4 Å². The highest BCUT2D eigenvalue weighted by Crippen LogP contribution is 2.48. The normalized spacial score (nSPS) is 24.1. The zero-order valence-corrected chi connectivity index (χ0v) is 15.7. The maximum atomic E-state index is 12.7. The molecule has 2 aliphatic rings. The second-order valence-corrected chi connectivity index (χ2v) is 7.86. The Morgan fingerprint density at radius 1 is 1.37 bits per heavy atom. The van der Waals surface area contributed by atoms with Crippen LogP contribution in [-0.2, 0) is 4.79 Å². The molecule has 2 atom stereocenters. The van der Waals surface area contributed by atoms with Crippen molar-refractivity contribution in [1.29, 1.82) is 0 Å². The molecule has 0 spiro atoms. The van der Waals surface area contributed by atoms with E-state index in [1.54, 1.807) is 27.8 Å². The number of urea groups is 1. The zero-order chi connectivity index (χ0) is 19.2. The number of hydrogen-bond donors (Lipinski definition) is 2. The van der Waals surface area contributed by atoms with Crippen LogP contribution in [0.25, 0.3) is 5.69 Å². The summed E-state index contributed by atoms with van der Waals surface area (Å²) < 4.78 is 1.71. The molecule has 1 aliphatic heterocycles. The number of aryl methyl sites for hydroxylation is 1. The van der Waals surface area contributed by atoms with Gasteiger partial charge < -0.3 is 10.0 Å². The fourth-order valence-corrected chi connectivity index (χ4v) is 4.57. The number of aromatic nitrogens is 2. The smallest absolute Gasteiger partial charge is 0.323 e. The number of likely N-dealkylation sites (tertiary alicyclic amines) is 1. The molecule has 1 aliphatic carbocycles. The number of halogens is 1. The van der Waals surface area contributed by atoms with E-state index in [1.807, 2.05) is 19.1 Å². The second kappa shape index (κ2) is 6.56. The van der Waals surface area contributed by atoms with E-state index in [0.717, 1.165) is 24.2 Å². The van der Waals surface area contributed by atoms with Gasteiger partial charge in [0.25, 0.3) is 0 Å². The van der Waals surface area contributed by atoms with Crippen molar-refractivity contribution < 1.29 is 14.7 Å². The van der Waals surface area contributed by atoms with E-state index < -0.39 is 11.4 Å². The van der Waals surface area contributed by atoms with Gasteiger partial charge in [0, 0.05) is 29.9 Å². The number of carbonyl (C=O) groups excluding carboxylic acids is 1. The molecule has 8 heteroatoms. The number of hydrogen-bond acceptors (Lipinski definition) is 3. The number of nitrogens with one attached hydrogen (secondary N) is 1. The van der Waals surface area contributed by atoms with Gasteiger partial charge in [-0.05, 0) is 43.9 Å². The molecule has 2 fully saturated rings. The van der Waals surface area contributed by atoms with Crippen molar-refractivity contribution in [2.75, 3.05) is 18.4 Å². The topological polar surface area (TPSA) is 87.5 Å². The molecule has 1 aromatic carbocycles. The lowest BCUT2D eigenvalue weighted by atomic mass is 9.81. The van der Waals surface area contributed by atoms with Gasteiger partial charge in [0.15, 0.2) is 5.82 Å². The molecule has 142 valence electrons. The first-order valence-corrected chi connectivity index (χ1v) is 9.39. The van der Waals surface area contributed by atoms with E-state index >= 15 is 0 Å². The average molecular weight is 389 g/mol. The lowest BCUT2D eigenvalue weighted by molar-refractivity contribution is -0.149. The van der Waals surface area contributed by atoms with E-state index in [4.69, 9.17) is 11.6 Å². The van der Waals surface area contributed by atoms with Crippen LogP contribution < -0.4 is 5.32 Å². The van der Waals surface area contributed by atoms with Gasteiger partial charge in [-0.25, -0.2) is 9.48 Å². The third-order valence-corrected chi connectivity index (χ3v) is 5.99. The molecule has 1 saturated carbocycles. The van der Waals surface area contributed by atoms with Gasteiger partial charge in [-0.2, -0.15) is 0 Å². The molecule has 0 radical (unpaired) electrons. The molecule has 4 rings (SSSR count). The van der Waals surface area contributed by atoms with Gasteiger partial charge in [0.2, 0.25) is 0 Å². The Bertz CT molecular complexity index is 912. The zero-order valence-electron chi connectivity index (χ0n) is 15.0. The van der Waals surface area contributed by atoms with Gasteiger partial charge in [-0.15, -0.1) is 5.10 Å². The summed E-state index contributed by atoms with van der Waals surface area (Å²) in [6, 6.07) is 8.78. The minimum atomic E-state index is -0.790. The maximum Gasteiger partial charge on any atom is 0.323 e. The van der Waals surface area contributed by atoms with E-state index in [0.29, 0.717) is 23.8 Å². The minimum Gasteiger partial charge on any atom is -0.481 e. The number of amides is 2. The number of carbonyl (C=O) groups is 2. The number of fused-ring (bicyclic) bond motifs is 1. The van der Waals surface area contributed by atoms with Crippen molar-refractivity contribution in [3.05, 3.63) is 41.0 Å². The van der Waals surface area contributed by atoms with Crippen molar-refractivity contribution in [3.8, 4) is 5.69 Å². The van der Waals surface area contributed by atoms with Crippen LogP contribution in [0.5, 0.6) is 0 Å². The summed E-state index contributed by atoms with van der Waals surface area (Å²) in [6.45, 7) is 2.63. The van der Waals surface area contributed by atoms with Crippen LogP contribution in [0, 0.1) is 18.3 Å². The number of rotatable bonds is 3. The van der Waals surface area contributed by atoms with Crippen LogP contribution >= 0.6 is 11.6 Å². The van der Waals surface area contributed by atoms with Crippen LogP contribution in [0.4, 0.5) is 10.6 Å². The summed E-state index contributed by atoms with van der Waals surface area (Å²) in [4.78, 5) is 26.1. The Morgan fingerprint density at radius 2 is 2.19 bits per heavy atom. The van der Waals surface area contributed by atoms with Crippen molar-refractivity contribution in [2.24, 2.45) is 11.3 Å². The standard InChI is InChI=1S/C19H21ClN4O3/c1-12-8-16(22-24(12)15-6-2-5-14(20)9-15)21-18(27)23-10-13-4-3-7-19(13,11-23)17(25)26/h2,5-6,8-9,13H,3-4,7,10-11H2,1H3,(H,25,26)(H,21,22,27)/t13-,19+/m0/s1. The van der Waals surface area contributed by atoms with E-state index in [9.17, 15) is 14.7 Å². The van der Waals surface area contributed by atoms with Crippen LogP contribution in [0.3, 0.4) is 0 Å². The third-order valence-electron chi connectivity index (χ3n) is 5.76. The fraction of sp³-hybridized carbons (Fsp3) is 0.421. The Labute approximate surface area is 161 Å². The molecular formula is C19H21ClN4O3. The molecule has 2 N–H and O–H groups in total. The second-order valence-electron chi connectivity index (χ2n) is 7.42. The predicted octanol–water partition coefficient (Wildman–Crippen LogP) is 3.55. The number of aliphatic carboxylic acids is 1. The molecule has 2 amide bonds. The number of carboxylic acid groups (broad SMARTS) is 1. The number of carboxylic acids is 1. The minimum absolute atomic E-state index is 0.0338. The van der Waals surface area contributed by atoms with Gasteiger partial charge in [0.05, 0.1) is 11.1 Å². The molecule has 1 saturated heterocycles. The summed E-state index contributed by atoms with van der Waals surface area (Å²) in [7, 11) is 0. The van der Waals surface area contributed by atoms with Crippen LogP contribution in [0.15, 0.2) is 30.3 Å².